The molecule has 4 unspecified atom stereocenters. The Morgan fingerprint density at radius 3 is 1.25 bits per heavy atom. The van der Waals surface area contributed by atoms with E-state index in [1.807, 2.05) is 49.6 Å². The number of nitrogens with one attached hydrogen (secondary N) is 1. The molecule has 3 radical (unpaired) electrons. The van der Waals surface area contributed by atoms with Crippen LogP contribution in [0.15, 0.2) is 116 Å². The number of anilines is 2. The van der Waals surface area contributed by atoms with E-state index in [0.717, 1.165) is 102 Å². The number of pyridine rings is 3. The third-order valence-electron chi connectivity index (χ3n) is 15.3. The SMILES string of the molecule is CC1CN(Cc2ccccc2)CCC1=O.CC1CN(Cc2ccccc2)CCC1O.CC1CNCCC1=O.C[C@H]1CN(c2ccc(C(F)(F)F)cn2)CC[C@@H]1O.C[C@H]1CN(c2ccc(C(F)(F)F)cn2)CC[C@H]1O.FC(F)(F)c1ccc(Cl)nc1.[B].[H-].[HH].[Na+]. The molecule has 475 valence electrons. The minimum absolute atomic E-state index is 0. The summed E-state index contributed by atoms with van der Waals surface area (Å²) in [7, 11) is 0. The Balaban J connectivity index is 0.000000537. The molecular weight excluding hydrogens is 1180 g/mol. The van der Waals surface area contributed by atoms with Gasteiger partial charge in [0, 0.05) is 132 Å². The molecule has 0 spiro atoms. The molecule has 2 aromatic carbocycles. The van der Waals surface area contributed by atoms with Crippen molar-refractivity contribution in [3.63, 3.8) is 0 Å². The second kappa shape index (κ2) is 36.8. The third-order valence-corrected chi connectivity index (χ3v) is 15.5. The number of alkyl halides is 9. The summed E-state index contributed by atoms with van der Waals surface area (Å²) in [6, 6.07) is 27.8. The number of ketones is 2. The number of halogens is 10. The zero-order chi connectivity index (χ0) is 62.5. The largest absolute Gasteiger partial charge is 1.00 e. The van der Waals surface area contributed by atoms with Crippen LogP contribution >= 0.6 is 11.6 Å². The maximum Gasteiger partial charge on any atom is 1.00 e. The van der Waals surface area contributed by atoms with Crippen molar-refractivity contribution in [3.8, 4) is 0 Å². The van der Waals surface area contributed by atoms with Crippen LogP contribution in [0.4, 0.5) is 51.1 Å². The van der Waals surface area contributed by atoms with Crippen LogP contribution in [0.25, 0.3) is 0 Å². The number of hydrogen-bond acceptors (Lipinski definition) is 13. The molecule has 13 nitrogen and oxygen atoms in total. The van der Waals surface area contributed by atoms with Crippen LogP contribution in [0.5, 0.6) is 0 Å². The number of carbonyl (C=O) groups is 2. The monoisotopic (exact) mass is 1260 g/mol. The number of hydrogen-bond donors (Lipinski definition) is 4. The summed E-state index contributed by atoms with van der Waals surface area (Å²) in [6.45, 7) is 20.0. The van der Waals surface area contributed by atoms with Crippen LogP contribution in [-0.4, -0.2) is 144 Å². The fourth-order valence-electron chi connectivity index (χ4n) is 9.88. The maximum atomic E-state index is 12.4. The van der Waals surface area contributed by atoms with Crippen molar-refractivity contribution in [1.29, 1.82) is 0 Å². The Bertz CT molecular complexity index is 2690. The second-order valence-electron chi connectivity index (χ2n) is 22.4. The van der Waals surface area contributed by atoms with Gasteiger partial charge in [-0.1, -0.05) is 107 Å². The van der Waals surface area contributed by atoms with Crippen molar-refractivity contribution < 1.29 is 96.8 Å². The minimum Gasteiger partial charge on any atom is -1.00 e. The summed E-state index contributed by atoms with van der Waals surface area (Å²) in [5.41, 5.74) is 0.426. The number of aliphatic hydroxyl groups is 3. The fraction of sp³-hybridized carbons (Fsp3) is 0.532. The molecule has 8 heterocycles. The maximum absolute atomic E-state index is 12.4. The first-order chi connectivity index (χ1) is 40.1. The summed E-state index contributed by atoms with van der Waals surface area (Å²) in [5, 5.41) is 32.0. The summed E-state index contributed by atoms with van der Waals surface area (Å²) in [6.07, 6.45) is -7.83. The molecular formula is C62H83BClF9N8NaO5. The predicted octanol–water partition coefficient (Wildman–Crippen LogP) is 8.52. The van der Waals surface area contributed by atoms with Gasteiger partial charge in [-0.05, 0) is 84.5 Å². The molecule has 10 rings (SSSR count). The fourth-order valence-corrected chi connectivity index (χ4v) is 10.00. The Labute approximate surface area is 537 Å². The van der Waals surface area contributed by atoms with Crippen LogP contribution in [0, 0.1) is 29.6 Å². The molecule has 4 N–H and O–H groups in total. The average Bonchev–Trinajstić information content (AvgIpc) is 3.63. The van der Waals surface area contributed by atoms with Crippen molar-refractivity contribution in [3.05, 3.63) is 149 Å². The summed E-state index contributed by atoms with van der Waals surface area (Å²) in [5.74, 6) is 2.95. The van der Waals surface area contributed by atoms with Gasteiger partial charge in [-0.15, -0.1) is 0 Å². The molecule has 0 amide bonds. The van der Waals surface area contributed by atoms with E-state index in [9.17, 15) is 64.4 Å². The van der Waals surface area contributed by atoms with E-state index < -0.39 is 35.2 Å². The number of rotatable bonds is 6. The normalized spacial score (nSPS) is 23.5. The number of piperidine rings is 5. The number of likely N-dealkylation sites (tertiary alicyclic amines) is 2. The molecule has 0 aliphatic carbocycles. The number of Topliss-reactive ketones (excluding diaryl/α,β-unsaturated/α-hetero) is 2. The summed E-state index contributed by atoms with van der Waals surface area (Å²) < 4.78 is 110. The van der Waals surface area contributed by atoms with Crippen LogP contribution < -0.4 is 44.7 Å². The van der Waals surface area contributed by atoms with Gasteiger partial charge in [0.2, 0.25) is 0 Å². The molecule has 5 fully saturated rings. The summed E-state index contributed by atoms with van der Waals surface area (Å²) in [4.78, 5) is 41.7. The number of aliphatic hydroxyl groups excluding tert-OH is 3. The number of aromatic nitrogens is 3. The summed E-state index contributed by atoms with van der Waals surface area (Å²) >= 11 is 5.28. The predicted molar refractivity (Wildman–Crippen MR) is 319 cm³/mol. The molecule has 25 heteroatoms. The van der Waals surface area contributed by atoms with Gasteiger partial charge in [0.15, 0.2) is 0 Å². The Hall–Kier alpha value is -4.69. The van der Waals surface area contributed by atoms with E-state index in [4.69, 9.17) is 11.6 Å². The van der Waals surface area contributed by atoms with Gasteiger partial charge in [-0.2, -0.15) is 39.5 Å². The van der Waals surface area contributed by atoms with E-state index in [1.165, 1.54) is 23.3 Å². The van der Waals surface area contributed by atoms with Crippen molar-refractivity contribution >= 4 is 43.2 Å². The van der Waals surface area contributed by atoms with Crippen molar-refractivity contribution in [2.45, 2.75) is 117 Å². The Morgan fingerprint density at radius 1 is 0.529 bits per heavy atom. The smallest absolute Gasteiger partial charge is 1.00 e. The van der Waals surface area contributed by atoms with Crippen LogP contribution in [0.1, 0.15) is 97.4 Å². The Morgan fingerprint density at radius 2 is 0.920 bits per heavy atom. The first-order valence-corrected chi connectivity index (χ1v) is 29.0. The second-order valence-corrected chi connectivity index (χ2v) is 22.8. The van der Waals surface area contributed by atoms with Crippen molar-refractivity contribution in [1.82, 2.24) is 30.1 Å². The zero-order valence-electron chi connectivity index (χ0n) is 51.3. The van der Waals surface area contributed by atoms with E-state index in [0.29, 0.717) is 80.8 Å². The molecule has 5 saturated heterocycles. The topological polar surface area (TPSA) is 158 Å². The molecule has 87 heavy (non-hydrogen) atoms. The standard InChI is InChI=1S/C13H19NO.C13H17NO.2C12H15F3N2O.C6H3ClF3N.C6H11NO.B.Na.H2.H/c2*1-11-9-14(8-7-13(11)15)10-12-5-3-2-4-6-12;2*1-8-7-17(5-4-10(8)18)11-3-2-9(6-16-11)12(13,14)15;7-5-2-1-4(3-11-5)6(8,9)10;1-5-4-7-3-2-6(5)8;;;;/h2-6,11,13,15H,7-10H2,1H3;2-6,11H,7-10H2,1H3;2*2-3,6,8,10,18H,4-5,7H2,1H3;1-3H;5,7H,2-4H2,1H3;;;1H;/q;;;;;;;+1;;-1/t;;8-,10+;8-,10-;;;;;;/m..00....../s1. The first-order valence-electron chi connectivity index (χ1n) is 28.6. The number of nitrogens with zero attached hydrogens (tertiary/aromatic N) is 7. The van der Waals surface area contributed by atoms with E-state index in [-0.39, 0.29) is 88.0 Å². The Kier molecular flexibility index (Phi) is 32.4. The molecule has 5 aromatic rings. The van der Waals surface area contributed by atoms with Gasteiger partial charge >= 0.3 is 48.1 Å². The molecule has 0 saturated carbocycles. The molecule has 3 aromatic heterocycles. The van der Waals surface area contributed by atoms with Gasteiger partial charge in [-0.25, -0.2) is 15.0 Å². The molecule has 8 atom stereocenters. The average molecular weight is 1260 g/mol. The molecule has 5 aliphatic heterocycles. The molecule has 0 bridgehead atoms. The van der Waals surface area contributed by atoms with Crippen molar-refractivity contribution in [2.75, 3.05) is 75.2 Å². The quantitative estimate of drug-likeness (QED) is 0.0730. The van der Waals surface area contributed by atoms with Crippen LogP contribution in [-0.2, 0) is 41.2 Å². The third kappa shape index (κ3) is 26.7. The van der Waals surface area contributed by atoms with Gasteiger partial charge in [-0.3, -0.25) is 19.4 Å². The van der Waals surface area contributed by atoms with Crippen LogP contribution in [0.3, 0.4) is 0 Å². The van der Waals surface area contributed by atoms with Crippen molar-refractivity contribution in [2.24, 2.45) is 29.6 Å². The van der Waals surface area contributed by atoms with Gasteiger partial charge in [0.25, 0.3) is 0 Å². The van der Waals surface area contributed by atoms with E-state index >= 15 is 0 Å². The van der Waals surface area contributed by atoms with E-state index in [2.05, 4.69) is 85.5 Å². The van der Waals surface area contributed by atoms with Crippen LogP contribution in [0.2, 0.25) is 5.15 Å². The first kappa shape index (κ1) is 76.6. The molecule has 5 aliphatic rings. The minimum atomic E-state index is -4.35. The number of benzene rings is 2. The van der Waals surface area contributed by atoms with Gasteiger partial charge in [0.05, 0.1) is 35.0 Å². The van der Waals surface area contributed by atoms with Gasteiger partial charge < -0.3 is 31.9 Å². The van der Waals surface area contributed by atoms with Gasteiger partial charge in [0.1, 0.15) is 28.4 Å². The zero-order valence-corrected chi connectivity index (χ0v) is 53.0. The number of carbonyl (C=O) groups excluding carboxylic acids is 2. The van der Waals surface area contributed by atoms with E-state index in [1.54, 1.807) is 0 Å².